The lowest BCUT2D eigenvalue weighted by molar-refractivity contribution is -0.140. The Bertz CT molecular complexity index is 729. The quantitative estimate of drug-likeness (QED) is 0.840. The summed E-state index contributed by atoms with van der Waals surface area (Å²) in [6, 6.07) is 3.92. The number of amides is 1. The van der Waals surface area contributed by atoms with E-state index >= 15 is 0 Å². The van der Waals surface area contributed by atoms with Crippen LogP contribution in [0.2, 0.25) is 0 Å². The fourth-order valence-corrected chi connectivity index (χ4v) is 3.48. The van der Waals surface area contributed by atoms with Gasteiger partial charge >= 0.3 is 0 Å². The Balaban J connectivity index is 1.58. The topological polar surface area (TPSA) is 68.2 Å². The molecule has 1 amide bonds. The highest BCUT2D eigenvalue weighted by Crippen LogP contribution is 2.26. The zero-order chi connectivity index (χ0) is 16.4. The predicted molar refractivity (Wildman–Crippen MR) is 88.2 cm³/mol. The van der Waals surface area contributed by atoms with Crippen molar-refractivity contribution in [3.8, 4) is 11.3 Å². The van der Waals surface area contributed by atoms with Crippen molar-refractivity contribution < 1.29 is 9.53 Å². The summed E-state index contributed by atoms with van der Waals surface area (Å²) in [5.41, 5.74) is 4.18. The van der Waals surface area contributed by atoms with Gasteiger partial charge in [0.1, 0.15) is 12.4 Å². The van der Waals surface area contributed by atoms with Gasteiger partial charge in [0.2, 0.25) is 0 Å². The maximum atomic E-state index is 12.6. The summed E-state index contributed by atoms with van der Waals surface area (Å²) >= 11 is 0. The number of hydrogen-bond donors (Lipinski definition) is 0. The van der Waals surface area contributed by atoms with E-state index in [1.807, 2.05) is 17.0 Å². The molecule has 1 fully saturated rings. The van der Waals surface area contributed by atoms with Crippen LogP contribution in [-0.2, 0) is 22.4 Å². The van der Waals surface area contributed by atoms with Gasteiger partial charge in [-0.1, -0.05) is 0 Å². The number of rotatable bonds is 2. The Morgan fingerprint density at radius 3 is 2.79 bits per heavy atom. The maximum absolute atomic E-state index is 12.6. The SMILES string of the molecule is O=C([C@@H]1CCCO1)N1CCc2ncnc(-c3ccncc3)c2CC1. The summed E-state index contributed by atoms with van der Waals surface area (Å²) in [5, 5.41) is 0. The van der Waals surface area contributed by atoms with Gasteiger partial charge in [0, 0.05) is 55.3 Å². The molecule has 6 nitrogen and oxygen atoms in total. The van der Waals surface area contributed by atoms with Gasteiger partial charge < -0.3 is 9.64 Å². The van der Waals surface area contributed by atoms with Gasteiger partial charge in [-0.15, -0.1) is 0 Å². The number of pyridine rings is 1. The fraction of sp³-hybridized carbons (Fsp3) is 0.444. The van der Waals surface area contributed by atoms with E-state index in [9.17, 15) is 4.79 Å². The molecule has 0 spiro atoms. The van der Waals surface area contributed by atoms with E-state index in [1.165, 1.54) is 0 Å². The Morgan fingerprint density at radius 2 is 2.00 bits per heavy atom. The van der Waals surface area contributed by atoms with Crippen molar-refractivity contribution in [1.82, 2.24) is 19.9 Å². The van der Waals surface area contributed by atoms with Gasteiger partial charge in [-0.3, -0.25) is 9.78 Å². The second kappa shape index (κ2) is 6.65. The third kappa shape index (κ3) is 2.89. The summed E-state index contributed by atoms with van der Waals surface area (Å²) in [6.07, 6.45) is 8.25. The first kappa shape index (κ1) is 15.2. The molecule has 0 saturated carbocycles. The average Bonchev–Trinajstić information content (AvgIpc) is 3.08. The minimum atomic E-state index is -0.253. The van der Waals surface area contributed by atoms with Gasteiger partial charge in [0.05, 0.1) is 5.69 Å². The van der Waals surface area contributed by atoms with Crippen LogP contribution in [0.1, 0.15) is 24.1 Å². The van der Waals surface area contributed by atoms with Crippen LogP contribution in [0.5, 0.6) is 0 Å². The molecule has 0 aromatic carbocycles. The number of hydrogen-bond acceptors (Lipinski definition) is 5. The van der Waals surface area contributed by atoms with Crippen LogP contribution in [0.3, 0.4) is 0 Å². The van der Waals surface area contributed by atoms with E-state index in [1.54, 1.807) is 18.7 Å². The first-order valence-corrected chi connectivity index (χ1v) is 8.46. The van der Waals surface area contributed by atoms with Crippen LogP contribution in [0.4, 0.5) is 0 Å². The molecule has 4 heterocycles. The summed E-state index contributed by atoms with van der Waals surface area (Å²) < 4.78 is 5.55. The normalized spacial score (nSPS) is 20.5. The molecule has 0 N–H and O–H groups in total. The monoisotopic (exact) mass is 324 g/mol. The molecule has 1 atom stereocenters. The minimum absolute atomic E-state index is 0.124. The van der Waals surface area contributed by atoms with E-state index in [2.05, 4.69) is 15.0 Å². The molecule has 2 aromatic rings. The molecule has 124 valence electrons. The van der Waals surface area contributed by atoms with Crippen LogP contribution in [-0.4, -0.2) is 51.6 Å². The van der Waals surface area contributed by atoms with Gasteiger partial charge in [0.25, 0.3) is 5.91 Å². The van der Waals surface area contributed by atoms with Crippen molar-refractivity contribution in [1.29, 1.82) is 0 Å². The standard InChI is InChI=1S/C18H20N4O2/c23-18(16-2-1-11-24-16)22-9-5-14-15(6-10-22)20-12-21-17(14)13-3-7-19-8-4-13/h3-4,7-8,12,16H,1-2,5-6,9-11H2/t16-/m0/s1. The zero-order valence-corrected chi connectivity index (χ0v) is 13.5. The molecule has 0 unspecified atom stereocenters. The summed E-state index contributed by atoms with van der Waals surface area (Å²) in [7, 11) is 0. The van der Waals surface area contributed by atoms with Crippen LogP contribution >= 0.6 is 0 Å². The zero-order valence-electron chi connectivity index (χ0n) is 13.5. The van der Waals surface area contributed by atoms with Crippen LogP contribution in [0.15, 0.2) is 30.9 Å². The van der Waals surface area contributed by atoms with E-state index in [0.717, 1.165) is 48.2 Å². The molecular weight excluding hydrogens is 304 g/mol. The third-order valence-corrected chi connectivity index (χ3v) is 4.76. The largest absolute Gasteiger partial charge is 0.368 e. The van der Waals surface area contributed by atoms with Crippen molar-refractivity contribution in [2.75, 3.05) is 19.7 Å². The Hall–Kier alpha value is -2.34. The van der Waals surface area contributed by atoms with Gasteiger partial charge in [-0.2, -0.15) is 0 Å². The number of fused-ring (bicyclic) bond motifs is 1. The van der Waals surface area contributed by atoms with E-state index in [4.69, 9.17) is 4.74 Å². The number of aromatic nitrogens is 3. The van der Waals surface area contributed by atoms with Gasteiger partial charge in [0.15, 0.2) is 0 Å². The van der Waals surface area contributed by atoms with Crippen LogP contribution in [0.25, 0.3) is 11.3 Å². The molecular formula is C18H20N4O2. The molecule has 6 heteroatoms. The number of carbonyl (C=O) groups excluding carboxylic acids is 1. The number of carbonyl (C=O) groups is 1. The molecule has 0 aliphatic carbocycles. The highest BCUT2D eigenvalue weighted by atomic mass is 16.5. The molecule has 0 bridgehead atoms. The Kier molecular flexibility index (Phi) is 4.21. The van der Waals surface area contributed by atoms with Crippen molar-refractivity contribution in [2.45, 2.75) is 31.8 Å². The molecule has 1 saturated heterocycles. The van der Waals surface area contributed by atoms with Crippen LogP contribution in [0, 0.1) is 0 Å². The molecule has 0 radical (unpaired) electrons. The maximum Gasteiger partial charge on any atom is 0.251 e. The smallest absolute Gasteiger partial charge is 0.251 e. The lowest BCUT2D eigenvalue weighted by Gasteiger charge is -2.23. The van der Waals surface area contributed by atoms with Crippen molar-refractivity contribution in [2.24, 2.45) is 0 Å². The second-order valence-corrected chi connectivity index (χ2v) is 6.21. The van der Waals surface area contributed by atoms with Crippen molar-refractivity contribution in [3.05, 3.63) is 42.1 Å². The molecule has 2 aliphatic rings. The molecule has 4 rings (SSSR count). The lowest BCUT2D eigenvalue weighted by Crippen LogP contribution is -2.40. The lowest BCUT2D eigenvalue weighted by atomic mass is 10.0. The first-order valence-electron chi connectivity index (χ1n) is 8.46. The average molecular weight is 324 g/mol. The minimum Gasteiger partial charge on any atom is -0.368 e. The molecule has 2 aliphatic heterocycles. The Labute approximate surface area is 140 Å². The molecule has 24 heavy (non-hydrogen) atoms. The van der Waals surface area contributed by atoms with E-state index < -0.39 is 0 Å². The summed E-state index contributed by atoms with van der Waals surface area (Å²) in [6.45, 7) is 2.08. The number of nitrogens with zero attached hydrogens (tertiary/aromatic N) is 4. The molecule has 2 aromatic heterocycles. The van der Waals surface area contributed by atoms with Crippen LogP contribution < -0.4 is 0 Å². The highest BCUT2D eigenvalue weighted by molar-refractivity contribution is 5.81. The van der Waals surface area contributed by atoms with Gasteiger partial charge in [-0.05, 0) is 31.4 Å². The van der Waals surface area contributed by atoms with E-state index in [-0.39, 0.29) is 12.0 Å². The van der Waals surface area contributed by atoms with Crippen molar-refractivity contribution in [3.63, 3.8) is 0 Å². The van der Waals surface area contributed by atoms with Crippen molar-refractivity contribution >= 4 is 5.91 Å². The summed E-state index contributed by atoms with van der Waals surface area (Å²) in [4.78, 5) is 27.6. The fourth-order valence-electron chi connectivity index (χ4n) is 3.48. The third-order valence-electron chi connectivity index (χ3n) is 4.76. The Morgan fingerprint density at radius 1 is 1.17 bits per heavy atom. The van der Waals surface area contributed by atoms with E-state index in [0.29, 0.717) is 19.7 Å². The first-order chi connectivity index (χ1) is 11.8. The number of ether oxygens (including phenoxy) is 1. The highest BCUT2D eigenvalue weighted by Gasteiger charge is 2.30. The second-order valence-electron chi connectivity index (χ2n) is 6.21. The summed E-state index contributed by atoms with van der Waals surface area (Å²) in [5.74, 6) is 0.124. The van der Waals surface area contributed by atoms with Gasteiger partial charge in [-0.25, -0.2) is 9.97 Å². The predicted octanol–water partition coefficient (Wildman–Crippen LogP) is 1.64.